The predicted octanol–water partition coefficient (Wildman–Crippen LogP) is 3.89. The Labute approximate surface area is 194 Å². The van der Waals surface area contributed by atoms with Gasteiger partial charge in [-0.05, 0) is 43.4 Å². The minimum absolute atomic E-state index is 0.0464. The zero-order valence-electron chi connectivity index (χ0n) is 17.4. The van der Waals surface area contributed by atoms with E-state index in [0.717, 1.165) is 52.1 Å². The summed E-state index contributed by atoms with van der Waals surface area (Å²) >= 11 is 2.16. The number of carbonyl (C=O) groups excluding carboxylic acids is 2. The summed E-state index contributed by atoms with van der Waals surface area (Å²) in [7, 11) is 1.34. The van der Waals surface area contributed by atoms with Crippen LogP contribution in [0.25, 0.3) is 15.9 Å². The van der Waals surface area contributed by atoms with E-state index in [2.05, 4.69) is 15.6 Å². The molecule has 0 saturated heterocycles. The van der Waals surface area contributed by atoms with E-state index < -0.39 is 29.2 Å². The second kappa shape index (κ2) is 9.18. The molecule has 7 nitrogen and oxygen atoms in total. The molecule has 0 fully saturated rings. The monoisotopic (exact) mass is 496 g/mol. The smallest absolute Gasteiger partial charge is 0.341 e. The summed E-state index contributed by atoms with van der Waals surface area (Å²) in [5.41, 5.74) is -1.07. The molecule has 0 bridgehead atoms. The summed E-state index contributed by atoms with van der Waals surface area (Å²) in [6.45, 7) is 0. The maximum absolute atomic E-state index is 13.8. The van der Waals surface area contributed by atoms with E-state index in [1.165, 1.54) is 36.6 Å². The van der Waals surface area contributed by atoms with Crippen LogP contribution >= 0.6 is 23.1 Å². The molecular formula is C21H19F3N4O3S2. The number of hydrogen-bond donors (Lipinski definition) is 2. The number of carbonyl (C=O) groups is 2. The van der Waals surface area contributed by atoms with Crippen molar-refractivity contribution in [3.63, 3.8) is 0 Å². The third-order valence-electron chi connectivity index (χ3n) is 5.22. The third-order valence-corrected chi connectivity index (χ3v) is 7.35. The maximum Gasteiger partial charge on any atom is 0.418 e. The second-order valence-electron chi connectivity index (χ2n) is 7.36. The highest BCUT2D eigenvalue weighted by atomic mass is 32.2. The lowest BCUT2D eigenvalue weighted by molar-refractivity contribution is -0.137. The Morgan fingerprint density at radius 2 is 1.94 bits per heavy atom. The van der Waals surface area contributed by atoms with Gasteiger partial charge in [0.05, 0.1) is 22.4 Å². The number of hydrogen-bond acceptors (Lipinski definition) is 6. The van der Waals surface area contributed by atoms with Crippen molar-refractivity contribution < 1.29 is 22.8 Å². The summed E-state index contributed by atoms with van der Waals surface area (Å²) in [5.74, 6) is -0.986. The molecule has 0 spiro atoms. The molecule has 33 heavy (non-hydrogen) atoms. The van der Waals surface area contributed by atoms with Crippen LogP contribution in [0.5, 0.6) is 0 Å². The number of thiophene rings is 1. The molecule has 1 aromatic carbocycles. The van der Waals surface area contributed by atoms with E-state index in [-0.39, 0.29) is 16.6 Å². The Balaban J connectivity index is 1.89. The average molecular weight is 497 g/mol. The predicted molar refractivity (Wildman–Crippen MR) is 120 cm³/mol. The first kappa shape index (κ1) is 23.3. The SMILES string of the molecule is CNC(=O)NC(=O)CSc1nc2sc3c(c2c(=O)n1-c1ccccc1C(F)(F)F)CCCC3. The van der Waals surface area contributed by atoms with Gasteiger partial charge in [-0.15, -0.1) is 11.3 Å². The molecule has 0 unspecified atom stereocenters. The van der Waals surface area contributed by atoms with Crippen LogP contribution < -0.4 is 16.2 Å². The molecule has 0 aliphatic heterocycles. The second-order valence-corrected chi connectivity index (χ2v) is 9.38. The Morgan fingerprint density at radius 3 is 2.67 bits per heavy atom. The topological polar surface area (TPSA) is 93.1 Å². The largest absolute Gasteiger partial charge is 0.418 e. The van der Waals surface area contributed by atoms with Gasteiger partial charge in [0, 0.05) is 11.9 Å². The minimum Gasteiger partial charge on any atom is -0.341 e. The number of nitrogens with zero attached hydrogens (tertiary/aromatic N) is 2. The zero-order valence-corrected chi connectivity index (χ0v) is 19.0. The highest BCUT2D eigenvalue weighted by Gasteiger charge is 2.35. The van der Waals surface area contributed by atoms with Crippen LogP contribution in [0.4, 0.5) is 18.0 Å². The fraction of sp³-hybridized carbons (Fsp3) is 0.333. The molecular weight excluding hydrogens is 477 g/mol. The Bertz CT molecular complexity index is 1300. The number of para-hydroxylation sites is 1. The number of amides is 3. The van der Waals surface area contributed by atoms with E-state index in [0.29, 0.717) is 16.6 Å². The lowest BCUT2D eigenvalue weighted by Crippen LogP contribution is -2.38. The first-order valence-electron chi connectivity index (χ1n) is 10.1. The van der Waals surface area contributed by atoms with Gasteiger partial charge in [-0.3, -0.25) is 19.5 Å². The average Bonchev–Trinajstić information content (AvgIpc) is 3.15. The molecule has 0 atom stereocenters. The first-order chi connectivity index (χ1) is 15.7. The molecule has 1 aliphatic carbocycles. The van der Waals surface area contributed by atoms with E-state index in [4.69, 9.17) is 0 Å². The Kier molecular flexibility index (Phi) is 6.48. The van der Waals surface area contributed by atoms with Crippen molar-refractivity contribution in [2.24, 2.45) is 0 Å². The number of rotatable bonds is 4. The Hall–Kier alpha value is -2.86. The van der Waals surface area contributed by atoms with Crippen molar-refractivity contribution >= 4 is 45.3 Å². The number of aromatic nitrogens is 2. The molecule has 4 rings (SSSR count). The van der Waals surface area contributed by atoms with Gasteiger partial charge in [0.2, 0.25) is 5.91 Å². The fourth-order valence-electron chi connectivity index (χ4n) is 3.76. The van der Waals surface area contributed by atoms with Crippen LogP contribution in [0.15, 0.2) is 34.2 Å². The molecule has 2 aromatic heterocycles. The summed E-state index contributed by atoms with van der Waals surface area (Å²) in [6.07, 6.45) is -1.35. The molecule has 1 aliphatic rings. The van der Waals surface area contributed by atoms with Crippen LogP contribution in [0.1, 0.15) is 28.8 Å². The van der Waals surface area contributed by atoms with Gasteiger partial charge in [-0.2, -0.15) is 13.2 Å². The molecule has 12 heteroatoms. The molecule has 2 N–H and O–H groups in total. The van der Waals surface area contributed by atoms with Crippen molar-refractivity contribution in [3.8, 4) is 5.69 Å². The lowest BCUT2D eigenvalue weighted by Gasteiger charge is -2.17. The van der Waals surface area contributed by atoms with E-state index in [9.17, 15) is 27.6 Å². The van der Waals surface area contributed by atoms with Gasteiger partial charge in [0.25, 0.3) is 5.56 Å². The Morgan fingerprint density at radius 1 is 1.21 bits per heavy atom. The number of alkyl halides is 3. The van der Waals surface area contributed by atoms with Crippen molar-refractivity contribution in [3.05, 3.63) is 50.6 Å². The van der Waals surface area contributed by atoms with Crippen molar-refractivity contribution in [1.29, 1.82) is 0 Å². The standard InChI is InChI=1S/C21H19F3N4O3S2/c1-25-19(31)26-15(29)10-32-20-27-17-16(11-6-2-5-9-14(11)33-17)18(30)28(20)13-8-4-3-7-12(13)21(22,23)24/h3-4,7-8H,2,5-6,9-10H2,1H3,(H2,25,26,29,31). The van der Waals surface area contributed by atoms with Crippen molar-refractivity contribution in [1.82, 2.24) is 20.2 Å². The number of halogens is 3. The maximum atomic E-state index is 13.8. The molecule has 0 radical (unpaired) electrons. The molecule has 174 valence electrons. The van der Waals surface area contributed by atoms with Crippen molar-refractivity contribution in [2.45, 2.75) is 37.0 Å². The van der Waals surface area contributed by atoms with Gasteiger partial charge in [0.1, 0.15) is 4.83 Å². The molecule has 3 aromatic rings. The van der Waals surface area contributed by atoms with Crippen LogP contribution in [-0.4, -0.2) is 34.3 Å². The highest BCUT2D eigenvalue weighted by Crippen LogP contribution is 2.37. The molecule has 3 amide bonds. The van der Waals surface area contributed by atoms with Gasteiger partial charge < -0.3 is 5.32 Å². The minimum atomic E-state index is -4.70. The van der Waals surface area contributed by atoms with E-state index in [1.54, 1.807) is 0 Å². The lowest BCUT2D eigenvalue weighted by atomic mass is 9.97. The van der Waals surface area contributed by atoms with Crippen LogP contribution in [0.3, 0.4) is 0 Å². The molecule has 2 heterocycles. The number of benzene rings is 1. The summed E-state index contributed by atoms with van der Waals surface area (Å²) in [5, 5.41) is 4.62. The van der Waals surface area contributed by atoms with E-state index >= 15 is 0 Å². The third kappa shape index (κ3) is 4.62. The number of fused-ring (bicyclic) bond motifs is 3. The quantitative estimate of drug-likeness (QED) is 0.422. The number of thioether (sulfide) groups is 1. The summed E-state index contributed by atoms with van der Waals surface area (Å²) in [4.78, 5) is 43.0. The van der Waals surface area contributed by atoms with Gasteiger partial charge in [0.15, 0.2) is 5.16 Å². The van der Waals surface area contributed by atoms with Crippen LogP contribution in [0.2, 0.25) is 0 Å². The van der Waals surface area contributed by atoms with Crippen LogP contribution in [0, 0.1) is 0 Å². The number of urea groups is 1. The summed E-state index contributed by atoms with van der Waals surface area (Å²) < 4.78 is 42.3. The summed E-state index contributed by atoms with van der Waals surface area (Å²) in [6, 6.07) is 4.07. The fourth-order valence-corrected chi connectivity index (χ4v) is 5.87. The van der Waals surface area contributed by atoms with Crippen LogP contribution in [-0.2, 0) is 23.8 Å². The highest BCUT2D eigenvalue weighted by molar-refractivity contribution is 7.99. The van der Waals surface area contributed by atoms with Gasteiger partial charge >= 0.3 is 12.2 Å². The number of imide groups is 1. The zero-order chi connectivity index (χ0) is 23.8. The molecule has 0 saturated carbocycles. The number of aryl methyl sites for hydroxylation is 2. The van der Waals surface area contributed by atoms with E-state index in [1.807, 2.05) is 0 Å². The number of nitrogens with one attached hydrogen (secondary N) is 2. The first-order valence-corrected chi connectivity index (χ1v) is 11.9. The normalized spacial score (nSPS) is 13.6. The van der Waals surface area contributed by atoms with Gasteiger partial charge in [-0.25, -0.2) is 9.78 Å². The van der Waals surface area contributed by atoms with Crippen molar-refractivity contribution in [2.75, 3.05) is 12.8 Å². The van der Waals surface area contributed by atoms with Gasteiger partial charge in [-0.1, -0.05) is 23.9 Å².